The van der Waals surface area contributed by atoms with E-state index in [0.29, 0.717) is 18.8 Å². The van der Waals surface area contributed by atoms with Crippen LogP contribution in [0.1, 0.15) is 12.0 Å². The van der Waals surface area contributed by atoms with E-state index < -0.39 is 10.0 Å². The highest BCUT2D eigenvalue weighted by Crippen LogP contribution is 2.19. The number of hydrogen-bond acceptors (Lipinski definition) is 4. The molecule has 0 aliphatic carbocycles. The van der Waals surface area contributed by atoms with E-state index in [-0.39, 0.29) is 18.9 Å². The van der Waals surface area contributed by atoms with E-state index in [4.69, 9.17) is 0 Å². The molecule has 1 saturated heterocycles. The largest absolute Gasteiger partial charge is 0.340 e. The first-order valence-corrected chi connectivity index (χ1v) is 9.63. The molecule has 0 N–H and O–H groups in total. The van der Waals surface area contributed by atoms with Crippen molar-refractivity contribution < 1.29 is 13.2 Å². The van der Waals surface area contributed by atoms with Crippen molar-refractivity contribution in [2.45, 2.75) is 13.3 Å². The van der Waals surface area contributed by atoms with Crippen LogP contribution in [0.4, 0.5) is 5.69 Å². The molecule has 0 spiro atoms. The molecule has 0 unspecified atom stereocenters. The molecule has 0 radical (unpaired) electrons. The Morgan fingerprint density at radius 1 is 1.22 bits per heavy atom. The standard InChI is InChI=1S/C16H25N3O3S/c1-14-5-4-6-15(13-14)19(23(3,21)22)8-7-16(20)18-11-9-17(2)10-12-18/h4-6,13H,7-12H2,1-3H3. The third-order valence-corrected chi connectivity index (χ3v) is 5.27. The quantitative estimate of drug-likeness (QED) is 0.800. The molecule has 0 bridgehead atoms. The minimum atomic E-state index is -3.42. The van der Waals surface area contributed by atoms with E-state index in [1.165, 1.54) is 10.6 Å². The third-order valence-electron chi connectivity index (χ3n) is 4.07. The Morgan fingerprint density at radius 2 is 1.87 bits per heavy atom. The fraction of sp³-hybridized carbons (Fsp3) is 0.562. The number of aryl methyl sites for hydroxylation is 1. The van der Waals surface area contributed by atoms with Crippen LogP contribution in [0.2, 0.25) is 0 Å². The van der Waals surface area contributed by atoms with Gasteiger partial charge in [0.1, 0.15) is 0 Å². The highest BCUT2D eigenvalue weighted by atomic mass is 32.2. The highest BCUT2D eigenvalue weighted by molar-refractivity contribution is 7.92. The summed E-state index contributed by atoms with van der Waals surface area (Å²) in [6.45, 7) is 5.23. The van der Waals surface area contributed by atoms with Crippen LogP contribution < -0.4 is 4.31 Å². The summed E-state index contributed by atoms with van der Waals surface area (Å²) in [6, 6.07) is 7.32. The normalized spacial score (nSPS) is 16.4. The van der Waals surface area contributed by atoms with Crippen LogP contribution in [0.3, 0.4) is 0 Å². The number of likely N-dealkylation sites (N-methyl/N-ethyl adjacent to an activating group) is 1. The number of hydrogen-bond donors (Lipinski definition) is 0. The second kappa shape index (κ2) is 7.31. The minimum absolute atomic E-state index is 0.0133. The van der Waals surface area contributed by atoms with Crippen molar-refractivity contribution in [2.24, 2.45) is 0 Å². The molecule has 1 amide bonds. The monoisotopic (exact) mass is 339 g/mol. The molecule has 128 valence electrons. The van der Waals surface area contributed by atoms with Crippen LogP contribution in [0, 0.1) is 6.92 Å². The van der Waals surface area contributed by atoms with Gasteiger partial charge in [0.25, 0.3) is 0 Å². The van der Waals surface area contributed by atoms with Crippen LogP contribution in [0.5, 0.6) is 0 Å². The van der Waals surface area contributed by atoms with E-state index in [2.05, 4.69) is 4.90 Å². The van der Waals surface area contributed by atoms with Gasteiger partial charge in [-0.05, 0) is 31.7 Å². The Bertz CT molecular complexity index is 652. The van der Waals surface area contributed by atoms with Crippen molar-refractivity contribution in [3.8, 4) is 0 Å². The summed E-state index contributed by atoms with van der Waals surface area (Å²) in [6.07, 6.45) is 1.38. The fourth-order valence-corrected chi connectivity index (χ4v) is 3.60. The van der Waals surface area contributed by atoms with Crippen molar-refractivity contribution in [3.05, 3.63) is 29.8 Å². The second-order valence-electron chi connectivity index (χ2n) is 6.11. The topological polar surface area (TPSA) is 60.9 Å². The number of carbonyl (C=O) groups excluding carboxylic acids is 1. The Labute approximate surface area is 138 Å². The summed E-state index contributed by atoms with van der Waals surface area (Å²) in [7, 11) is -1.38. The van der Waals surface area contributed by atoms with Crippen molar-refractivity contribution in [2.75, 3.05) is 50.3 Å². The first-order valence-electron chi connectivity index (χ1n) is 7.78. The maximum absolute atomic E-state index is 12.3. The summed E-state index contributed by atoms with van der Waals surface area (Å²) in [5.74, 6) is 0.0133. The van der Waals surface area contributed by atoms with Gasteiger partial charge in [-0.15, -0.1) is 0 Å². The van der Waals surface area contributed by atoms with Crippen LogP contribution in [0.25, 0.3) is 0 Å². The lowest BCUT2D eigenvalue weighted by molar-refractivity contribution is -0.132. The van der Waals surface area contributed by atoms with Gasteiger partial charge in [0, 0.05) is 39.1 Å². The Morgan fingerprint density at radius 3 is 2.43 bits per heavy atom. The zero-order chi connectivity index (χ0) is 17.0. The zero-order valence-electron chi connectivity index (χ0n) is 14.0. The van der Waals surface area contributed by atoms with Gasteiger partial charge < -0.3 is 9.80 Å². The molecule has 1 heterocycles. The lowest BCUT2D eigenvalue weighted by Gasteiger charge is -2.33. The third kappa shape index (κ3) is 4.94. The molecule has 6 nitrogen and oxygen atoms in total. The summed E-state index contributed by atoms with van der Waals surface area (Å²) < 4.78 is 25.5. The van der Waals surface area contributed by atoms with Crippen molar-refractivity contribution in [3.63, 3.8) is 0 Å². The van der Waals surface area contributed by atoms with Crippen molar-refractivity contribution in [1.82, 2.24) is 9.80 Å². The van der Waals surface area contributed by atoms with Gasteiger partial charge in [-0.25, -0.2) is 8.42 Å². The number of carbonyl (C=O) groups is 1. The predicted molar refractivity (Wildman–Crippen MR) is 92.1 cm³/mol. The molecule has 2 rings (SSSR count). The lowest BCUT2D eigenvalue weighted by Crippen LogP contribution is -2.48. The van der Waals surface area contributed by atoms with Gasteiger partial charge in [0.15, 0.2) is 0 Å². The first kappa shape index (κ1) is 17.7. The van der Waals surface area contributed by atoms with Crippen molar-refractivity contribution in [1.29, 1.82) is 0 Å². The van der Waals surface area contributed by atoms with E-state index in [0.717, 1.165) is 18.7 Å². The van der Waals surface area contributed by atoms with Crippen LogP contribution in [-0.4, -0.2) is 70.2 Å². The summed E-state index contributed by atoms with van der Waals surface area (Å²) in [5, 5.41) is 0. The van der Waals surface area contributed by atoms with Gasteiger partial charge in [-0.3, -0.25) is 9.10 Å². The molecule has 1 aliphatic rings. The molecular formula is C16H25N3O3S. The zero-order valence-corrected chi connectivity index (χ0v) is 14.8. The summed E-state index contributed by atoms with van der Waals surface area (Å²) in [5.41, 5.74) is 1.60. The van der Waals surface area contributed by atoms with E-state index in [1.807, 2.05) is 37.1 Å². The minimum Gasteiger partial charge on any atom is -0.340 e. The molecule has 1 fully saturated rings. The molecule has 7 heteroatoms. The van der Waals surface area contributed by atoms with Gasteiger partial charge in [0.2, 0.25) is 15.9 Å². The summed E-state index contributed by atoms with van der Waals surface area (Å²) in [4.78, 5) is 16.3. The number of rotatable bonds is 5. The van der Waals surface area contributed by atoms with Crippen LogP contribution in [0.15, 0.2) is 24.3 Å². The Kier molecular flexibility index (Phi) is 5.64. The van der Waals surface area contributed by atoms with E-state index in [1.54, 1.807) is 6.07 Å². The van der Waals surface area contributed by atoms with Gasteiger partial charge in [-0.1, -0.05) is 12.1 Å². The van der Waals surface area contributed by atoms with Gasteiger partial charge in [0.05, 0.1) is 11.9 Å². The number of anilines is 1. The number of amides is 1. The molecule has 23 heavy (non-hydrogen) atoms. The molecular weight excluding hydrogens is 314 g/mol. The Hall–Kier alpha value is -1.60. The van der Waals surface area contributed by atoms with E-state index in [9.17, 15) is 13.2 Å². The predicted octanol–water partition coefficient (Wildman–Crippen LogP) is 0.925. The fourth-order valence-electron chi connectivity index (χ4n) is 2.68. The van der Waals surface area contributed by atoms with E-state index >= 15 is 0 Å². The van der Waals surface area contributed by atoms with Crippen LogP contribution in [-0.2, 0) is 14.8 Å². The average Bonchev–Trinajstić information content (AvgIpc) is 2.46. The molecule has 1 aromatic carbocycles. The molecule has 1 aromatic rings. The number of sulfonamides is 1. The highest BCUT2D eigenvalue weighted by Gasteiger charge is 2.22. The average molecular weight is 339 g/mol. The number of piperazine rings is 1. The van der Waals surface area contributed by atoms with Crippen LogP contribution >= 0.6 is 0 Å². The van der Waals surface area contributed by atoms with Gasteiger partial charge >= 0.3 is 0 Å². The molecule has 0 saturated carbocycles. The van der Waals surface area contributed by atoms with Gasteiger partial charge in [-0.2, -0.15) is 0 Å². The maximum Gasteiger partial charge on any atom is 0.232 e. The maximum atomic E-state index is 12.3. The lowest BCUT2D eigenvalue weighted by atomic mass is 10.2. The number of nitrogens with zero attached hydrogens (tertiary/aromatic N) is 3. The SMILES string of the molecule is Cc1cccc(N(CCC(=O)N2CCN(C)CC2)S(C)(=O)=O)c1. The number of benzene rings is 1. The van der Waals surface area contributed by atoms with Crippen molar-refractivity contribution >= 4 is 21.6 Å². The smallest absolute Gasteiger partial charge is 0.232 e. The second-order valence-corrected chi connectivity index (χ2v) is 8.02. The Balaban J connectivity index is 2.03. The molecule has 0 aromatic heterocycles. The summed E-state index contributed by atoms with van der Waals surface area (Å²) >= 11 is 0. The first-order chi connectivity index (χ1) is 10.8. The molecule has 0 atom stereocenters. The molecule has 1 aliphatic heterocycles.